The Kier molecular flexibility index (Phi) is 3.99. The van der Waals surface area contributed by atoms with Crippen molar-refractivity contribution in [1.82, 2.24) is 4.98 Å². The summed E-state index contributed by atoms with van der Waals surface area (Å²) in [5.74, 6) is 0. The van der Waals surface area contributed by atoms with Crippen LogP contribution >= 0.6 is 0 Å². The molecular formula is C27H24BNO. The largest absolute Gasteiger partial charge is 0.455 e. The van der Waals surface area contributed by atoms with E-state index >= 15 is 0 Å². The molecule has 0 spiro atoms. The molecule has 1 saturated carbocycles. The van der Waals surface area contributed by atoms with Gasteiger partial charge in [0.25, 0.3) is 0 Å². The Morgan fingerprint density at radius 1 is 0.833 bits per heavy atom. The second-order valence-electron chi connectivity index (χ2n) is 9.00. The van der Waals surface area contributed by atoms with E-state index in [2.05, 4.69) is 68.5 Å². The Morgan fingerprint density at radius 2 is 1.60 bits per heavy atom. The molecule has 0 unspecified atom stereocenters. The Morgan fingerprint density at radius 3 is 2.47 bits per heavy atom. The van der Waals surface area contributed by atoms with E-state index in [1.807, 2.05) is 12.3 Å². The summed E-state index contributed by atoms with van der Waals surface area (Å²) in [5, 5.41) is 5.06. The fourth-order valence-electron chi connectivity index (χ4n) is 5.34. The van der Waals surface area contributed by atoms with Crippen LogP contribution in [0.2, 0.25) is 0 Å². The van der Waals surface area contributed by atoms with Crippen LogP contribution in [-0.4, -0.2) is 12.8 Å². The summed E-state index contributed by atoms with van der Waals surface area (Å²) in [6, 6.07) is 23.7. The summed E-state index contributed by atoms with van der Waals surface area (Å²) >= 11 is 0. The fraction of sp³-hybridized carbons (Fsp3) is 0.222. The van der Waals surface area contributed by atoms with Gasteiger partial charge in [-0.25, -0.2) is 0 Å². The molecule has 30 heavy (non-hydrogen) atoms. The van der Waals surface area contributed by atoms with E-state index in [0.717, 1.165) is 22.4 Å². The van der Waals surface area contributed by atoms with Gasteiger partial charge in [0.05, 0.1) is 5.69 Å². The Bertz CT molecular complexity index is 1390. The first-order valence-corrected chi connectivity index (χ1v) is 11.0. The fourth-order valence-corrected chi connectivity index (χ4v) is 5.34. The van der Waals surface area contributed by atoms with Crippen LogP contribution in [0.1, 0.15) is 37.7 Å². The minimum Gasteiger partial charge on any atom is -0.455 e. The molecule has 0 saturated heterocycles. The number of para-hydroxylation sites is 1. The third-order valence-corrected chi connectivity index (χ3v) is 7.06. The molecule has 146 valence electrons. The SMILES string of the molecule is BC1(c2ccnc(-c3cc4ccccc4c4c3oc3ccccc34)c2)CCCCC1. The summed E-state index contributed by atoms with van der Waals surface area (Å²) < 4.78 is 6.42. The van der Waals surface area contributed by atoms with Crippen LogP contribution in [0.5, 0.6) is 0 Å². The summed E-state index contributed by atoms with van der Waals surface area (Å²) in [4.78, 5) is 4.80. The maximum atomic E-state index is 6.42. The second-order valence-corrected chi connectivity index (χ2v) is 9.00. The summed E-state index contributed by atoms with van der Waals surface area (Å²) in [6.07, 6.45) is 8.49. The molecule has 0 aliphatic heterocycles. The smallest absolute Gasteiger partial charge is 0.145 e. The summed E-state index contributed by atoms with van der Waals surface area (Å²) in [5.41, 5.74) is 5.37. The number of fused-ring (bicyclic) bond motifs is 5. The topological polar surface area (TPSA) is 26.0 Å². The van der Waals surface area contributed by atoms with Gasteiger partial charge >= 0.3 is 0 Å². The number of aromatic nitrogens is 1. The lowest BCUT2D eigenvalue weighted by Crippen LogP contribution is -2.29. The Labute approximate surface area is 177 Å². The van der Waals surface area contributed by atoms with Crippen molar-refractivity contribution in [1.29, 1.82) is 0 Å². The molecule has 0 N–H and O–H groups in total. The zero-order valence-electron chi connectivity index (χ0n) is 17.3. The maximum absolute atomic E-state index is 6.42. The van der Waals surface area contributed by atoms with Crippen molar-refractivity contribution in [3.63, 3.8) is 0 Å². The van der Waals surface area contributed by atoms with Crippen LogP contribution in [0.15, 0.2) is 77.3 Å². The highest BCUT2D eigenvalue weighted by atomic mass is 16.3. The van der Waals surface area contributed by atoms with Gasteiger partial charge < -0.3 is 4.42 Å². The van der Waals surface area contributed by atoms with Crippen molar-refractivity contribution < 1.29 is 4.42 Å². The van der Waals surface area contributed by atoms with Crippen molar-refractivity contribution in [2.45, 2.75) is 37.4 Å². The minimum atomic E-state index is 0.250. The number of furan rings is 1. The van der Waals surface area contributed by atoms with Crippen LogP contribution in [0.25, 0.3) is 44.0 Å². The van der Waals surface area contributed by atoms with Gasteiger partial charge in [0.2, 0.25) is 0 Å². The number of benzene rings is 3. The number of hydrogen-bond donors (Lipinski definition) is 0. The molecule has 1 aliphatic carbocycles. The highest BCUT2D eigenvalue weighted by molar-refractivity contribution is 6.22. The van der Waals surface area contributed by atoms with Crippen LogP contribution in [0.4, 0.5) is 0 Å². The van der Waals surface area contributed by atoms with Crippen molar-refractivity contribution in [2.24, 2.45) is 0 Å². The van der Waals surface area contributed by atoms with E-state index in [4.69, 9.17) is 9.40 Å². The predicted octanol–water partition coefficient (Wildman–Crippen LogP) is 6.59. The molecule has 3 aromatic carbocycles. The maximum Gasteiger partial charge on any atom is 0.145 e. The molecule has 5 aromatic rings. The molecule has 3 heteroatoms. The molecule has 6 rings (SSSR count). The first-order valence-electron chi connectivity index (χ1n) is 11.0. The lowest BCUT2D eigenvalue weighted by molar-refractivity contribution is 0.398. The van der Waals surface area contributed by atoms with Crippen LogP contribution in [-0.2, 0) is 5.31 Å². The first-order chi connectivity index (χ1) is 14.7. The van der Waals surface area contributed by atoms with E-state index in [1.165, 1.54) is 59.2 Å². The molecule has 2 heterocycles. The number of rotatable bonds is 2. The zero-order valence-corrected chi connectivity index (χ0v) is 17.3. The molecule has 0 bridgehead atoms. The third-order valence-electron chi connectivity index (χ3n) is 7.06. The van der Waals surface area contributed by atoms with Crippen LogP contribution in [0.3, 0.4) is 0 Å². The normalized spacial score (nSPS) is 16.4. The lowest BCUT2D eigenvalue weighted by Gasteiger charge is -2.34. The minimum absolute atomic E-state index is 0.250. The standard InChI is InChI=1S/C27H24BNO/c28-27(13-6-1-7-14-27)19-12-15-29-23(17-19)22-16-18-8-2-3-9-20(18)25-21-10-4-5-11-24(21)30-26(22)25/h2-5,8-12,15-17H,1,6-7,13-14,28H2. The predicted molar refractivity (Wildman–Crippen MR) is 128 cm³/mol. The third kappa shape index (κ3) is 2.69. The number of hydrogen-bond acceptors (Lipinski definition) is 2. The molecule has 0 radical (unpaired) electrons. The first kappa shape index (κ1) is 17.8. The molecular weight excluding hydrogens is 365 g/mol. The van der Waals surface area contributed by atoms with Gasteiger partial charge in [-0.05, 0) is 45.9 Å². The quantitative estimate of drug-likeness (QED) is 0.318. The van der Waals surface area contributed by atoms with Crippen LogP contribution in [0, 0.1) is 0 Å². The average Bonchev–Trinajstić information content (AvgIpc) is 3.19. The van der Waals surface area contributed by atoms with Gasteiger partial charge in [0, 0.05) is 22.5 Å². The highest BCUT2D eigenvalue weighted by Crippen LogP contribution is 2.42. The second kappa shape index (κ2) is 6.73. The molecule has 1 aliphatic rings. The Hall–Kier alpha value is -3.07. The van der Waals surface area contributed by atoms with Crippen molar-refractivity contribution in [3.05, 3.63) is 78.5 Å². The molecule has 1 fully saturated rings. The lowest BCUT2D eigenvalue weighted by atomic mass is 9.57. The van der Waals surface area contributed by atoms with Crippen LogP contribution < -0.4 is 0 Å². The van der Waals surface area contributed by atoms with E-state index in [-0.39, 0.29) is 5.31 Å². The van der Waals surface area contributed by atoms with E-state index in [9.17, 15) is 0 Å². The number of nitrogens with zero attached hydrogens (tertiary/aromatic N) is 1. The van der Waals surface area contributed by atoms with Gasteiger partial charge in [-0.15, -0.1) is 0 Å². The number of pyridine rings is 1. The van der Waals surface area contributed by atoms with Gasteiger partial charge in [0.1, 0.15) is 19.0 Å². The molecule has 2 aromatic heterocycles. The summed E-state index contributed by atoms with van der Waals surface area (Å²) in [6.45, 7) is 0. The molecule has 0 atom stereocenters. The van der Waals surface area contributed by atoms with Gasteiger partial charge in [-0.1, -0.05) is 74.6 Å². The van der Waals surface area contributed by atoms with E-state index < -0.39 is 0 Å². The van der Waals surface area contributed by atoms with E-state index in [0.29, 0.717) is 0 Å². The van der Waals surface area contributed by atoms with Gasteiger partial charge in [0.15, 0.2) is 0 Å². The zero-order chi connectivity index (χ0) is 20.1. The Balaban J connectivity index is 1.64. The van der Waals surface area contributed by atoms with Crippen molar-refractivity contribution in [3.8, 4) is 11.3 Å². The monoisotopic (exact) mass is 389 g/mol. The van der Waals surface area contributed by atoms with Crippen molar-refractivity contribution in [2.75, 3.05) is 0 Å². The van der Waals surface area contributed by atoms with Gasteiger partial charge in [-0.2, -0.15) is 0 Å². The van der Waals surface area contributed by atoms with Gasteiger partial charge in [-0.3, -0.25) is 4.98 Å². The molecule has 2 nitrogen and oxygen atoms in total. The highest BCUT2D eigenvalue weighted by Gasteiger charge is 2.29. The molecule has 0 amide bonds. The average molecular weight is 389 g/mol. The van der Waals surface area contributed by atoms with Crippen molar-refractivity contribution >= 4 is 40.6 Å². The summed E-state index contributed by atoms with van der Waals surface area (Å²) in [7, 11) is 2.42. The van der Waals surface area contributed by atoms with E-state index in [1.54, 1.807) is 0 Å².